The van der Waals surface area contributed by atoms with Crippen LogP contribution in [0, 0.1) is 0 Å². The van der Waals surface area contributed by atoms with Crippen LogP contribution in [-0.2, 0) is 7.05 Å². The van der Waals surface area contributed by atoms with Gasteiger partial charge in [0.2, 0.25) is 0 Å². The summed E-state index contributed by atoms with van der Waals surface area (Å²) in [7, 11) is 5.08. The van der Waals surface area contributed by atoms with Crippen LogP contribution in [0.2, 0.25) is 0 Å². The van der Waals surface area contributed by atoms with Crippen LogP contribution in [0.5, 0.6) is 11.5 Å². The molecule has 0 amide bonds. The molecule has 0 saturated heterocycles. The number of hydrogen-bond acceptors (Lipinski definition) is 4. The fraction of sp³-hybridized carbons (Fsp3) is 0.273. The molecule has 5 heteroatoms. The molecule has 0 bridgehead atoms. The van der Waals surface area contributed by atoms with Gasteiger partial charge in [-0.25, -0.2) is 9.67 Å². The van der Waals surface area contributed by atoms with Gasteiger partial charge >= 0.3 is 0 Å². The van der Waals surface area contributed by atoms with Crippen molar-refractivity contribution in [1.82, 2.24) is 14.8 Å². The first-order valence-electron chi connectivity index (χ1n) is 4.82. The fourth-order valence-electron chi connectivity index (χ4n) is 1.49. The molecule has 16 heavy (non-hydrogen) atoms. The van der Waals surface area contributed by atoms with Gasteiger partial charge in [0.15, 0.2) is 5.82 Å². The van der Waals surface area contributed by atoms with Gasteiger partial charge in [0.05, 0.1) is 14.2 Å². The van der Waals surface area contributed by atoms with E-state index in [1.165, 1.54) is 6.33 Å². The van der Waals surface area contributed by atoms with E-state index < -0.39 is 0 Å². The van der Waals surface area contributed by atoms with Crippen LogP contribution in [0.1, 0.15) is 0 Å². The molecule has 0 saturated carbocycles. The molecule has 1 aromatic heterocycles. The summed E-state index contributed by atoms with van der Waals surface area (Å²) in [5, 5.41) is 4.03. The summed E-state index contributed by atoms with van der Waals surface area (Å²) in [6.07, 6.45) is 1.52. The second-order valence-corrected chi connectivity index (χ2v) is 3.31. The molecule has 0 fully saturated rings. The van der Waals surface area contributed by atoms with Crippen molar-refractivity contribution >= 4 is 0 Å². The van der Waals surface area contributed by atoms with Crippen LogP contribution in [0.4, 0.5) is 0 Å². The van der Waals surface area contributed by atoms with Gasteiger partial charge < -0.3 is 9.47 Å². The molecular weight excluding hydrogens is 206 g/mol. The lowest BCUT2D eigenvalue weighted by atomic mass is 10.2. The van der Waals surface area contributed by atoms with E-state index in [9.17, 15) is 0 Å². The summed E-state index contributed by atoms with van der Waals surface area (Å²) in [6.45, 7) is 0. The molecule has 2 aromatic rings. The van der Waals surface area contributed by atoms with Gasteiger partial charge in [-0.1, -0.05) is 0 Å². The summed E-state index contributed by atoms with van der Waals surface area (Å²) in [6, 6.07) is 5.61. The van der Waals surface area contributed by atoms with Crippen molar-refractivity contribution in [3.8, 4) is 22.9 Å². The summed E-state index contributed by atoms with van der Waals surface area (Å²) >= 11 is 0. The Morgan fingerprint density at radius 2 is 1.69 bits per heavy atom. The number of methoxy groups -OCH3 is 2. The van der Waals surface area contributed by atoms with Crippen molar-refractivity contribution < 1.29 is 9.47 Å². The van der Waals surface area contributed by atoms with Crippen molar-refractivity contribution in [3.63, 3.8) is 0 Å². The topological polar surface area (TPSA) is 49.2 Å². The van der Waals surface area contributed by atoms with E-state index in [1.807, 2.05) is 25.2 Å². The molecule has 0 N–H and O–H groups in total. The lowest BCUT2D eigenvalue weighted by molar-refractivity contribution is 0.394. The van der Waals surface area contributed by atoms with Gasteiger partial charge in [-0.15, -0.1) is 0 Å². The molecule has 0 aliphatic rings. The van der Waals surface area contributed by atoms with Gasteiger partial charge in [-0.2, -0.15) is 5.10 Å². The standard InChI is InChI=1S/C11H13N3O2/c1-14-11(12-7-13-14)8-4-9(15-2)6-10(5-8)16-3/h4-7H,1-3H3. The molecule has 0 aliphatic carbocycles. The van der Waals surface area contributed by atoms with Crippen LogP contribution in [0.25, 0.3) is 11.4 Å². The maximum atomic E-state index is 5.20. The Bertz CT molecular complexity index is 471. The van der Waals surface area contributed by atoms with E-state index in [0.717, 1.165) is 22.9 Å². The highest BCUT2D eigenvalue weighted by atomic mass is 16.5. The van der Waals surface area contributed by atoms with Gasteiger partial charge in [0, 0.05) is 18.7 Å². The van der Waals surface area contributed by atoms with E-state index >= 15 is 0 Å². The van der Waals surface area contributed by atoms with Crippen LogP contribution >= 0.6 is 0 Å². The number of nitrogens with zero attached hydrogens (tertiary/aromatic N) is 3. The van der Waals surface area contributed by atoms with Crippen molar-refractivity contribution in [3.05, 3.63) is 24.5 Å². The Balaban J connectivity index is 2.52. The largest absolute Gasteiger partial charge is 0.497 e. The highest BCUT2D eigenvalue weighted by Crippen LogP contribution is 2.27. The lowest BCUT2D eigenvalue weighted by Crippen LogP contribution is -1.96. The molecule has 0 aliphatic heterocycles. The van der Waals surface area contributed by atoms with E-state index in [-0.39, 0.29) is 0 Å². The van der Waals surface area contributed by atoms with E-state index in [2.05, 4.69) is 10.1 Å². The minimum Gasteiger partial charge on any atom is -0.497 e. The predicted molar refractivity (Wildman–Crippen MR) is 59.5 cm³/mol. The summed E-state index contributed by atoms with van der Waals surface area (Å²) < 4.78 is 12.1. The first kappa shape index (κ1) is 10.5. The lowest BCUT2D eigenvalue weighted by Gasteiger charge is -2.07. The molecule has 1 heterocycles. The Kier molecular flexibility index (Phi) is 2.76. The van der Waals surface area contributed by atoms with E-state index in [0.29, 0.717) is 0 Å². The molecule has 1 aromatic carbocycles. The van der Waals surface area contributed by atoms with Crippen molar-refractivity contribution in [2.24, 2.45) is 7.05 Å². The molecule has 5 nitrogen and oxygen atoms in total. The third-order valence-electron chi connectivity index (χ3n) is 2.32. The minimum atomic E-state index is 0.734. The number of aromatic nitrogens is 3. The highest BCUT2D eigenvalue weighted by Gasteiger charge is 2.08. The number of benzene rings is 1. The predicted octanol–water partition coefficient (Wildman–Crippen LogP) is 1.50. The third-order valence-corrected chi connectivity index (χ3v) is 2.32. The molecule has 0 radical (unpaired) electrons. The van der Waals surface area contributed by atoms with Gasteiger partial charge in [0.1, 0.15) is 17.8 Å². The van der Waals surface area contributed by atoms with E-state index in [4.69, 9.17) is 9.47 Å². The number of rotatable bonds is 3. The average molecular weight is 219 g/mol. The zero-order chi connectivity index (χ0) is 11.5. The first-order chi connectivity index (χ1) is 7.74. The maximum Gasteiger partial charge on any atom is 0.158 e. The molecule has 0 spiro atoms. The molecule has 84 valence electrons. The second-order valence-electron chi connectivity index (χ2n) is 3.31. The summed E-state index contributed by atoms with van der Waals surface area (Å²) in [5.74, 6) is 2.24. The third kappa shape index (κ3) is 1.84. The average Bonchev–Trinajstić information content (AvgIpc) is 2.74. The van der Waals surface area contributed by atoms with E-state index in [1.54, 1.807) is 18.9 Å². The van der Waals surface area contributed by atoms with Gasteiger partial charge in [-0.3, -0.25) is 0 Å². The van der Waals surface area contributed by atoms with Gasteiger partial charge in [-0.05, 0) is 12.1 Å². The van der Waals surface area contributed by atoms with Gasteiger partial charge in [0.25, 0.3) is 0 Å². The molecular formula is C11H13N3O2. The fourth-order valence-corrected chi connectivity index (χ4v) is 1.49. The minimum absolute atomic E-state index is 0.734. The Morgan fingerprint density at radius 3 is 2.12 bits per heavy atom. The van der Waals surface area contributed by atoms with Crippen LogP contribution in [-0.4, -0.2) is 29.0 Å². The smallest absolute Gasteiger partial charge is 0.158 e. The SMILES string of the molecule is COc1cc(OC)cc(-c2ncnn2C)c1. The number of aryl methyl sites for hydroxylation is 1. The van der Waals surface area contributed by atoms with Crippen LogP contribution < -0.4 is 9.47 Å². The van der Waals surface area contributed by atoms with Crippen molar-refractivity contribution in [1.29, 1.82) is 0 Å². The molecule has 2 rings (SSSR count). The van der Waals surface area contributed by atoms with Crippen molar-refractivity contribution in [2.75, 3.05) is 14.2 Å². The summed E-state index contributed by atoms with van der Waals surface area (Å²) in [4.78, 5) is 4.18. The van der Waals surface area contributed by atoms with Crippen LogP contribution in [0.3, 0.4) is 0 Å². The van der Waals surface area contributed by atoms with Crippen LogP contribution in [0.15, 0.2) is 24.5 Å². The zero-order valence-corrected chi connectivity index (χ0v) is 9.47. The highest BCUT2D eigenvalue weighted by molar-refractivity contribution is 5.60. The molecule has 0 atom stereocenters. The normalized spacial score (nSPS) is 10.2. The zero-order valence-electron chi connectivity index (χ0n) is 9.47. The number of hydrogen-bond donors (Lipinski definition) is 0. The quantitative estimate of drug-likeness (QED) is 0.785. The Labute approximate surface area is 93.6 Å². The Morgan fingerprint density at radius 1 is 1.06 bits per heavy atom. The van der Waals surface area contributed by atoms with Crippen molar-refractivity contribution in [2.45, 2.75) is 0 Å². The second kappa shape index (κ2) is 4.22. The monoisotopic (exact) mass is 219 g/mol. The number of ether oxygens (including phenoxy) is 2. The summed E-state index contributed by atoms with van der Waals surface area (Å²) in [5.41, 5.74) is 0.913. The molecule has 0 unspecified atom stereocenters. The first-order valence-corrected chi connectivity index (χ1v) is 4.82. The Hall–Kier alpha value is -2.04. The maximum absolute atomic E-state index is 5.20.